The Labute approximate surface area is 332 Å². The number of carbonyl (C=O) groups is 5. The van der Waals surface area contributed by atoms with E-state index < -0.39 is 64.2 Å². The van der Waals surface area contributed by atoms with Crippen molar-refractivity contribution < 1.29 is 28.2 Å². The molecule has 3 fully saturated rings. The molecule has 2 unspecified atom stereocenters. The van der Waals surface area contributed by atoms with Crippen LogP contribution < -0.4 is 21.3 Å². The monoisotopic (exact) mass is 787 g/mol. The molecule has 13 nitrogen and oxygen atoms in total. The van der Waals surface area contributed by atoms with Crippen molar-refractivity contribution in [3.63, 3.8) is 0 Å². The third kappa shape index (κ3) is 9.07. The van der Waals surface area contributed by atoms with Crippen LogP contribution in [-0.4, -0.2) is 98.8 Å². The maximum atomic E-state index is 15.0. The first-order chi connectivity index (χ1) is 26.5. The van der Waals surface area contributed by atoms with Crippen molar-refractivity contribution in [3.8, 4) is 0 Å². The van der Waals surface area contributed by atoms with Gasteiger partial charge in [0.05, 0.1) is 6.04 Å². The number of urea groups is 1. The molecule has 2 heterocycles. The Kier molecular flexibility index (Phi) is 12.2. The minimum Gasteiger partial charge on any atom is -0.346 e. The highest BCUT2D eigenvalue weighted by Crippen LogP contribution is 2.65. The number of nitrogens with zero attached hydrogens (tertiary/aromatic N) is 3. The fraction of sp³-hybridized carbons (Fsp3) is 0.571. The van der Waals surface area contributed by atoms with Crippen LogP contribution in [0.2, 0.25) is 0 Å². The summed E-state index contributed by atoms with van der Waals surface area (Å²) in [6, 6.07) is 9.36. The highest BCUT2D eigenvalue weighted by molar-refractivity contribution is 7.82. The molecule has 0 radical (unpaired) electrons. The number of nitrogens with one attached hydrogen (secondary N) is 4. The lowest BCUT2D eigenvalue weighted by Crippen LogP contribution is -2.61. The molecule has 3 aliphatic carbocycles. The van der Waals surface area contributed by atoms with Crippen LogP contribution in [0.4, 0.5) is 4.79 Å². The lowest BCUT2D eigenvalue weighted by molar-refractivity contribution is -0.144. The molecule has 2 saturated carbocycles. The van der Waals surface area contributed by atoms with E-state index in [1.165, 1.54) is 6.08 Å². The number of likely N-dealkylation sites (tertiary alicyclic amines) is 1. The number of ketones is 1. The van der Waals surface area contributed by atoms with Crippen molar-refractivity contribution in [2.24, 2.45) is 34.5 Å². The molecule has 1 aromatic carbocycles. The Bertz CT molecular complexity index is 1840. The van der Waals surface area contributed by atoms with Crippen LogP contribution in [0.1, 0.15) is 65.0 Å². The standard InChI is InChI=1S/C42H57N7O6S/c1-8-18-44-38(52)36(50)30(20-25-16-17-25)45-37(51)35-33-29(42(33,5)6)23-49(35)39(53)34(28-21-26-13-9-10-14-27(26)22-28)47-40(54)46-31(41(2,3)4)24-48(7)56(55)32-15-11-12-19-43-32/h8-15,19,25,28-31,33-35H,1,16-18,20-24H2,2-7H3,(H,44,52)(H,45,51)(H2,46,47,54)/t29-,30?,31+,33-,34-,35-,56?/m0/s1. The predicted molar refractivity (Wildman–Crippen MR) is 213 cm³/mol. The molecule has 6 rings (SSSR count). The lowest BCUT2D eigenvalue weighted by Gasteiger charge is -2.37. The average Bonchev–Trinajstić information content (AvgIpc) is 3.92. The van der Waals surface area contributed by atoms with E-state index in [2.05, 4.69) is 46.7 Å². The molecule has 4 aliphatic rings. The minimum atomic E-state index is -1.56. The molecule has 1 saturated heterocycles. The summed E-state index contributed by atoms with van der Waals surface area (Å²) in [7, 11) is 0.151. The number of likely N-dealkylation sites (N-methyl/N-ethyl adjacent to an activating group) is 1. The Morgan fingerprint density at radius 2 is 1.68 bits per heavy atom. The largest absolute Gasteiger partial charge is 0.346 e. The van der Waals surface area contributed by atoms with E-state index >= 15 is 0 Å². The summed E-state index contributed by atoms with van der Waals surface area (Å²) in [5, 5.41) is 12.0. The summed E-state index contributed by atoms with van der Waals surface area (Å²) < 4.78 is 14.9. The van der Waals surface area contributed by atoms with Crippen LogP contribution in [0.5, 0.6) is 0 Å². The first-order valence-electron chi connectivity index (χ1n) is 19.7. The molecular formula is C42H57N7O6S. The number of pyridine rings is 1. The van der Waals surface area contributed by atoms with Gasteiger partial charge in [-0.2, -0.15) is 0 Å². The van der Waals surface area contributed by atoms with Crippen molar-refractivity contribution in [1.29, 1.82) is 0 Å². The second-order valence-corrected chi connectivity index (χ2v) is 19.2. The van der Waals surface area contributed by atoms with E-state index in [4.69, 9.17) is 0 Å². The molecule has 2 aromatic rings. The van der Waals surface area contributed by atoms with Crippen LogP contribution in [0, 0.1) is 34.5 Å². The van der Waals surface area contributed by atoms with Crippen LogP contribution in [-0.2, 0) is 43.0 Å². The van der Waals surface area contributed by atoms with Gasteiger partial charge in [-0.3, -0.25) is 19.2 Å². The second-order valence-electron chi connectivity index (χ2n) is 17.7. The molecule has 4 N–H and O–H groups in total. The van der Waals surface area contributed by atoms with Gasteiger partial charge >= 0.3 is 6.03 Å². The van der Waals surface area contributed by atoms with E-state index in [-0.39, 0.29) is 48.1 Å². The number of aromatic nitrogens is 1. The Hall–Kier alpha value is -4.43. The van der Waals surface area contributed by atoms with E-state index in [1.54, 1.807) is 40.6 Å². The van der Waals surface area contributed by atoms with Crippen LogP contribution in [0.25, 0.3) is 0 Å². The molecule has 1 aromatic heterocycles. The van der Waals surface area contributed by atoms with Gasteiger partial charge in [0.2, 0.25) is 17.6 Å². The van der Waals surface area contributed by atoms with Gasteiger partial charge in [-0.05, 0) is 77.0 Å². The summed E-state index contributed by atoms with van der Waals surface area (Å²) in [4.78, 5) is 75.3. The highest BCUT2D eigenvalue weighted by Gasteiger charge is 2.70. The Balaban J connectivity index is 1.23. The van der Waals surface area contributed by atoms with Gasteiger partial charge < -0.3 is 26.2 Å². The zero-order valence-electron chi connectivity index (χ0n) is 33.4. The molecule has 302 valence electrons. The van der Waals surface area contributed by atoms with Gasteiger partial charge in [0, 0.05) is 38.9 Å². The lowest BCUT2D eigenvalue weighted by atomic mass is 9.86. The smallest absolute Gasteiger partial charge is 0.315 e. The van der Waals surface area contributed by atoms with E-state index in [0.717, 1.165) is 24.0 Å². The number of amides is 5. The first kappa shape index (κ1) is 41.2. The number of carbonyl (C=O) groups excluding carboxylic acids is 5. The number of benzene rings is 1. The fourth-order valence-electron chi connectivity index (χ4n) is 8.60. The van der Waals surface area contributed by atoms with Gasteiger partial charge in [-0.25, -0.2) is 18.3 Å². The summed E-state index contributed by atoms with van der Waals surface area (Å²) in [6.07, 6.45) is 6.42. The fourth-order valence-corrected chi connectivity index (χ4v) is 9.55. The van der Waals surface area contributed by atoms with Gasteiger partial charge in [-0.15, -0.1) is 6.58 Å². The summed E-state index contributed by atoms with van der Waals surface area (Å²) >= 11 is 0. The van der Waals surface area contributed by atoms with Gasteiger partial charge in [0.1, 0.15) is 28.1 Å². The molecule has 56 heavy (non-hydrogen) atoms. The molecule has 5 amide bonds. The van der Waals surface area contributed by atoms with Crippen molar-refractivity contribution in [2.45, 2.75) is 95.9 Å². The zero-order chi connectivity index (χ0) is 40.5. The Morgan fingerprint density at radius 3 is 2.27 bits per heavy atom. The highest BCUT2D eigenvalue weighted by atomic mass is 32.2. The van der Waals surface area contributed by atoms with E-state index in [9.17, 15) is 28.2 Å². The number of hydrogen-bond donors (Lipinski definition) is 4. The zero-order valence-corrected chi connectivity index (χ0v) is 34.2. The minimum absolute atomic E-state index is 0.0618. The number of Topliss-reactive ketones (excluding diaryl/α,β-unsaturated/α-hetero) is 1. The Morgan fingerprint density at radius 1 is 1.02 bits per heavy atom. The summed E-state index contributed by atoms with van der Waals surface area (Å²) in [5.41, 5.74) is 1.56. The maximum Gasteiger partial charge on any atom is 0.315 e. The van der Waals surface area contributed by atoms with Crippen LogP contribution in [0.15, 0.2) is 66.3 Å². The quantitative estimate of drug-likeness (QED) is 0.150. The van der Waals surface area contributed by atoms with Crippen molar-refractivity contribution in [3.05, 3.63) is 72.4 Å². The van der Waals surface area contributed by atoms with Crippen LogP contribution in [0.3, 0.4) is 0 Å². The molecule has 0 spiro atoms. The third-order valence-corrected chi connectivity index (χ3v) is 13.6. The number of piperidine rings is 1. The molecule has 7 atom stereocenters. The van der Waals surface area contributed by atoms with Gasteiger partial charge in [0.25, 0.3) is 5.91 Å². The van der Waals surface area contributed by atoms with E-state index in [0.29, 0.717) is 30.8 Å². The second kappa shape index (κ2) is 16.6. The molecule has 14 heteroatoms. The summed E-state index contributed by atoms with van der Waals surface area (Å²) in [5.74, 6) is -2.41. The number of fused-ring (bicyclic) bond motifs is 2. The topological polar surface area (TPSA) is 170 Å². The van der Waals surface area contributed by atoms with Crippen molar-refractivity contribution in [1.82, 2.24) is 35.5 Å². The van der Waals surface area contributed by atoms with Crippen molar-refractivity contribution in [2.75, 3.05) is 26.7 Å². The van der Waals surface area contributed by atoms with Gasteiger partial charge in [0.15, 0.2) is 0 Å². The number of rotatable bonds is 16. The van der Waals surface area contributed by atoms with Gasteiger partial charge in [-0.1, -0.05) is 83.9 Å². The molecular weight excluding hydrogens is 731 g/mol. The molecule has 1 aliphatic heterocycles. The maximum absolute atomic E-state index is 15.0. The number of hydrogen-bond acceptors (Lipinski definition) is 7. The SMILES string of the molecule is C=CCNC(=O)C(=O)C(CC1CC1)NC(=O)[C@@H]1[C@@H]2[C@H](CN1C(=O)[C@@H](NC(=O)N[C@H](CN(C)S(=O)c1ccccn1)C(C)(C)C)C1Cc3ccccc3C1)C2(C)C. The average molecular weight is 788 g/mol. The van der Waals surface area contributed by atoms with E-state index in [1.807, 2.05) is 45.0 Å². The van der Waals surface area contributed by atoms with Crippen molar-refractivity contribution >= 4 is 40.5 Å². The first-order valence-corrected chi connectivity index (χ1v) is 20.8. The van der Waals surface area contributed by atoms with Crippen LogP contribution >= 0.6 is 0 Å². The third-order valence-electron chi connectivity index (χ3n) is 12.3. The normalized spacial score (nSPS) is 23.2. The predicted octanol–water partition coefficient (Wildman–Crippen LogP) is 3.17. The molecule has 0 bridgehead atoms. The summed E-state index contributed by atoms with van der Waals surface area (Å²) in [6.45, 7) is 14.4.